The van der Waals surface area contributed by atoms with Gasteiger partial charge in [0.15, 0.2) is 5.82 Å². The van der Waals surface area contributed by atoms with Crippen LogP contribution in [0.2, 0.25) is 0 Å². The summed E-state index contributed by atoms with van der Waals surface area (Å²) in [4.78, 5) is 17.7. The Morgan fingerprint density at radius 3 is 2.95 bits per heavy atom. The average molecular weight is 265 g/mol. The SMILES string of the molecule is N#Cc1ccnc(N2CC(=O)Nc3ccccc32)c1N. The van der Waals surface area contributed by atoms with Gasteiger partial charge in [0.25, 0.3) is 0 Å². The lowest BCUT2D eigenvalue weighted by Crippen LogP contribution is -2.35. The number of hydrogen-bond acceptors (Lipinski definition) is 5. The Morgan fingerprint density at radius 1 is 1.35 bits per heavy atom. The maximum Gasteiger partial charge on any atom is 0.244 e. The van der Waals surface area contributed by atoms with Crippen molar-refractivity contribution in [3.05, 3.63) is 42.1 Å². The van der Waals surface area contributed by atoms with E-state index >= 15 is 0 Å². The van der Waals surface area contributed by atoms with Crippen molar-refractivity contribution in [1.82, 2.24) is 4.98 Å². The third kappa shape index (κ3) is 1.82. The van der Waals surface area contributed by atoms with E-state index in [0.717, 1.165) is 5.69 Å². The molecule has 1 aromatic heterocycles. The first-order chi connectivity index (χ1) is 9.70. The van der Waals surface area contributed by atoms with E-state index in [4.69, 9.17) is 11.0 Å². The van der Waals surface area contributed by atoms with E-state index in [-0.39, 0.29) is 18.1 Å². The quantitative estimate of drug-likeness (QED) is 0.817. The summed E-state index contributed by atoms with van der Waals surface area (Å²) < 4.78 is 0. The number of amides is 1. The molecule has 3 rings (SSSR count). The lowest BCUT2D eigenvalue weighted by atomic mass is 10.1. The van der Waals surface area contributed by atoms with Crippen molar-refractivity contribution in [2.45, 2.75) is 0 Å². The molecule has 0 unspecified atom stereocenters. The van der Waals surface area contributed by atoms with E-state index < -0.39 is 0 Å². The number of carbonyl (C=O) groups excluding carboxylic acids is 1. The largest absolute Gasteiger partial charge is 0.395 e. The number of nitrogens with one attached hydrogen (secondary N) is 1. The zero-order valence-electron chi connectivity index (χ0n) is 10.5. The van der Waals surface area contributed by atoms with Crippen LogP contribution in [0, 0.1) is 11.3 Å². The van der Waals surface area contributed by atoms with Gasteiger partial charge in [0.2, 0.25) is 5.91 Å². The number of benzene rings is 1. The van der Waals surface area contributed by atoms with E-state index in [0.29, 0.717) is 17.1 Å². The van der Waals surface area contributed by atoms with E-state index in [9.17, 15) is 4.79 Å². The Hall–Kier alpha value is -3.07. The minimum Gasteiger partial charge on any atom is -0.395 e. The Balaban J connectivity index is 2.16. The minimum absolute atomic E-state index is 0.114. The standard InChI is InChI=1S/C14H11N5O/c15-7-9-5-6-17-14(13(9)16)19-8-12(20)18-10-3-1-2-4-11(10)19/h1-6H,8,16H2,(H,18,20). The van der Waals surface area contributed by atoms with Crippen molar-refractivity contribution in [2.24, 2.45) is 0 Å². The van der Waals surface area contributed by atoms with Crippen LogP contribution >= 0.6 is 0 Å². The van der Waals surface area contributed by atoms with Crippen molar-refractivity contribution in [1.29, 1.82) is 5.26 Å². The molecule has 20 heavy (non-hydrogen) atoms. The Morgan fingerprint density at radius 2 is 2.15 bits per heavy atom. The normalized spacial score (nSPS) is 13.3. The van der Waals surface area contributed by atoms with E-state index in [1.165, 1.54) is 6.20 Å². The molecule has 6 nitrogen and oxygen atoms in total. The summed E-state index contributed by atoms with van der Waals surface area (Å²) in [5.41, 5.74) is 8.10. The maximum atomic E-state index is 11.8. The first-order valence-corrected chi connectivity index (χ1v) is 6.01. The molecule has 98 valence electrons. The number of para-hydroxylation sites is 2. The van der Waals surface area contributed by atoms with Crippen molar-refractivity contribution in [3.8, 4) is 6.07 Å². The first kappa shape index (κ1) is 12.0. The molecule has 0 fully saturated rings. The van der Waals surface area contributed by atoms with Gasteiger partial charge in [0.05, 0.1) is 22.6 Å². The van der Waals surface area contributed by atoms with Crippen LogP contribution in [-0.4, -0.2) is 17.4 Å². The molecule has 1 aromatic carbocycles. The number of rotatable bonds is 1. The van der Waals surface area contributed by atoms with Crippen LogP contribution in [0.5, 0.6) is 0 Å². The second-order valence-electron chi connectivity index (χ2n) is 4.36. The van der Waals surface area contributed by atoms with Crippen LogP contribution < -0.4 is 16.0 Å². The van der Waals surface area contributed by atoms with Gasteiger partial charge in [-0.1, -0.05) is 12.1 Å². The molecule has 0 saturated carbocycles. The second-order valence-corrected chi connectivity index (χ2v) is 4.36. The van der Waals surface area contributed by atoms with Crippen molar-refractivity contribution in [2.75, 3.05) is 22.5 Å². The Bertz CT molecular complexity index is 735. The second kappa shape index (κ2) is 4.55. The van der Waals surface area contributed by atoms with Crippen molar-refractivity contribution >= 4 is 28.8 Å². The lowest BCUT2D eigenvalue weighted by molar-refractivity contribution is -0.115. The highest BCUT2D eigenvalue weighted by Gasteiger charge is 2.25. The number of nitriles is 1. The first-order valence-electron chi connectivity index (χ1n) is 6.01. The summed E-state index contributed by atoms with van der Waals surface area (Å²) in [6, 6.07) is 11.0. The highest BCUT2D eigenvalue weighted by Crippen LogP contribution is 2.36. The van der Waals surface area contributed by atoms with Gasteiger partial charge in [-0.3, -0.25) is 4.79 Å². The molecule has 0 aliphatic carbocycles. The summed E-state index contributed by atoms with van der Waals surface area (Å²) in [6.45, 7) is 0.114. The van der Waals surface area contributed by atoms with Crippen molar-refractivity contribution < 1.29 is 4.79 Å². The molecular weight excluding hydrogens is 254 g/mol. The molecular formula is C14H11N5O. The molecule has 3 N–H and O–H groups in total. The highest BCUT2D eigenvalue weighted by molar-refractivity contribution is 6.03. The number of hydrogen-bond donors (Lipinski definition) is 2. The summed E-state index contributed by atoms with van der Waals surface area (Å²) in [6.07, 6.45) is 1.51. The van der Waals surface area contributed by atoms with E-state index in [2.05, 4.69) is 10.3 Å². The molecule has 1 amide bonds. The molecule has 0 bridgehead atoms. The van der Waals surface area contributed by atoms with Gasteiger partial charge in [-0.15, -0.1) is 0 Å². The zero-order chi connectivity index (χ0) is 14.1. The molecule has 0 radical (unpaired) electrons. The average Bonchev–Trinajstić information content (AvgIpc) is 2.46. The van der Waals surface area contributed by atoms with E-state index in [1.807, 2.05) is 30.3 Å². The van der Waals surface area contributed by atoms with Gasteiger partial charge < -0.3 is 16.0 Å². The Kier molecular flexibility index (Phi) is 2.73. The van der Waals surface area contributed by atoms with Crippen LogP contribution in [0.1, 0.15) is 5.56 Å². The Labute approximate surface area is 115 Å². The van der Waals surface area contributed by atoms with Crippen LogP contribution in [0.4, 0.5) is 22.9 Å². The highest BCUT2D eigenvalue weighted by atomic mass is 16.2. The van der Waals surface area contributed by atoms with Crippen LogP contribution in [0.15, 0.2) is 36.5 Å². The molecule has 1 aliphatic heterocycles. The van der Waals surface area contributed by atoms with Crippen LogP contribution in [-0.2, 0) is 4.79 Å². The molecule has 2 aromatic rings. The summed E-state index contributed by atoms with van der Waals surface area (Å²) in [5, 5.41) is 11.8. The van der Waals surface area contributed by atoms with Gasteiger partial charge in [-0.25, -0.2) is 4.98 Å². The number of aromatic nitrogens is 1. The molecule has 0 saturated heterocycles. The van der Waals surface area contributed by atoms with Gasteiger partial charge in [0.1, 0.15) is 12.6 Å². The number of carbonyl (C=O) groups is 1. The lowest BCUT2D eigenvalue weighted by Gasteiger charge is -2.30. The fourth-order valence-electron chi connectivity index (χ4n) is 2.20. The predicted octanol–water partition coefficient (Wildman–Crippen LogP) is 1.63. The number of nitrogens with zero attached hydrogens (tertiary/aromatic N) is 3. The van der Waals surface area contributed by atoms with Gasteiger partial charge in [-0.05, 0) is 18.2 Å². The fourth-order valence-corrected chi connectivity index (χ4v) is 2.20. The fraction of sp³-hybridized carbons (Fsp3) is 0.0714. The molecule has 2 heterocycles. The summed E-state index contributed by atoms with van der Waals surface area (Å²) >= 11 is 0. The summed E-state index contributed by atoms with van der Waals surface area (Å²) in [5.74, 6) is 0.276. The third-order valence-corrected chi connectivity index (χ3v) is 3.12. The maximum absolute atomic E-state index is 11.8. The van der Waals surface area contributed by atoms with Gasteiger partial charge in [0, 0.05) is 6.20 Å². The number of nitrogens with two attached hydrogens (primary N) is 1. The van der Waals surface area contributed by atoms with Gasteiger partial charge >= 0.3 is 0 Å². The topological polar surface area (TPSA) is 95.0 Å². The zero-order valence-corrected chi connectivity index (χ0v) is 10.5. The van der Waals surface area contributed by atoms with Gasteiger partial charge in [-0.2, -0.15) is 5.26 Å². The van der Waals surface area contributed by atoms with Crippen LogP contribution in [0.25, 0.3) is 0 Å². The van der Waals surface area contributed by atoms with E-state index in [1.54, 1.807) is 11.0 Å². The van der Waals surface area contributed by atoms with Crippen LogP contribution in [0.3, 0.4) is 0 Å². The number of fused-ring (bicyclic) bond motifs is 1. The summed E-state index contributed by atoms with van der Waals surface area (Å²) in [7, 11) is 0. The minimum atomic E-state index is -0.146. The third-order valence-electron chi connectivity index (χ3n) is 3.12. The number of anilines is 4. The smallest absolute Gasteiger partial charge is 0.244 e. The van der Waals surface area contributed by atoms with Crippen molar-refractivity contribution in [3.63, 3.8) is 0 Å². The monoisotopic (exact) mass is 265 g/mol. The number of nitrogen functional groups attached to an aromatic ring is 1. The molecule has 0 atom stereocenters. The molecule has 0 spiro atoms. The molecule has 1 aliphatic rings. The number of pyridine rings is 1. The predicted molar refractivity (Wildman–Crippen MR) is 75.4 cm³/mol. The molecule has 6 heteroatoms.